The third-order valence-corrected chi connectivity index (χ3v) is 8.87. The highest BCUT2D eigenvalue weighted by molar-refractivity contribution is 7.92. The summed E-state index contributed by atoms with van der Waals surface area (Å²) in [5.74, 6) is 2.60. The Morgan fingerprint density at radius 2 is 1.61 bits per heavy atom. The Kier molecular flexibility index (Phi) is 10.1. The molecular formula is C35H37N3O5S. The second kappa shape index (κ2) is 14.3. The summed E-state index contributed by atoms with van der Waals surface area (Å²) in [5, 5.41) is 0. The number of sulfonamides is 1. The molecule has 1 aliphatic heterocycles. The molecule has 4 aromatic rings. The lowest BCUT2D eigenvalue weighted by molar-refractivity contribution is 0.167. The zero-order valence-electron chi connectivity index (χ0n) is 25.0. The molecular weight excluding hydrogens is 574 g/mol. The minimum atomic E-state index is -3.43. The van der Waals surface area contributed by atoms with Gasteiger partial charge in [-0.2, -0.15) is 0 Å². The van der Waals surface area contributed by atoms with Gasteiger partial charge in [0.15, 0.2) is 5.69 Å². The maximum Gasteiger partial charge on any atom is 0.232 e. The summed E-state index contributed by atoms with van der Waals surface area (Å²) >= 11 is 0. The normalized spacial score (nSPS) is 14.5. The zero-order valence-corrected chi connectivity index (χ0v) is 25.8. The maximum atomic E-state index is 12.3. The van der Waals surface area contributed by atoms with E-state index in [0.29, 0.717) is 48.5 Å². The SMILES string of the molecule is [C-]#[N+]c1ccc(CN(Cc2ccc(Oc3cccc(OCC4CCOC4)c3)cc2)c2cccc(NS(=O)(=O)CC)c2C)cc1. The first-order valence-corrected chi connectivity index (χ1v) is 16.4. The van der Waals surface area contributed by atoms with Gasteiger partial charge in [0.05, 0.1) is 31.2 Å². The summed E-state index contributed by atoms with van der Waals surface area (Å²) in [6.07, 6.45) is 1.02. The van der Waals surface area contributed by atoms with Crippen molar-refractivity contribution in [3.05, 3.63) is 119 Å². The highest BCUT2D eigenvalue weighted by atomic mass is 32.2. The molecule has 1 heterocycles. The maximum absolute atomic E-state index is 12.3. The third-order valence-electron chi connectivity index (χ3n) is 7.58. The van der Waals surface area contributed by atoms with E-state index in [1.54, 1.807) is 13.0 Å². The number of benzene rings is 4. The Bertz CT molecular complexity index is 1690. The fraction of sp³-hybridized carbons (Fsp3) is 0.286. The summed E-state index contributed by atoms with van der Waals surface area (Å²) in [5.41, 5.74) is 5.00. The molecule has 44 heavy (non-hydrogen) atoms. The van der Waals surface area contributed by atoms with E-state index in [9.17, 15) is 8.42 Å². The van der Waals surface area contributed by atoms with Crippen LogP contribution in [-0.2, 0) is 27.8 Å². The van der Waals surface area contributed by atoms with Crippen LogP contribution in [0.25, 0.3) is 4.85 Å². The summed E-state index contributed by atoms with van der Waals surface area (Å²) in [7, 11) is -3.43. The van der Waals surface area contributed by atoms with Gasteiger partial charge in [-0.3, -0.25) is 4.72 Å². The van der Waals surface area contributed by atoms with Crippen molar-refractivity contribution in [3.63, 3.8) is 0 Å². The van der Waals surface area contributed by atoms with Crippen LogP contribution >= 0.6 is 0 Å². The van der Waals surface area contributed by atoms with Crippen LogP contribution in [0.3, 0.4) is 0 Å². The molecule has 0 bridgehead atoms. The molecule has 1 atom stereocenters. The van der Waals surface area contributed by atoms with Crippen LogP contribution < -0.4 is 19.1 Å². The molecule has 0 aromatic heterocycles. The van der Waals surface area contributed by atoms with E-state index in [1.807, 2.05) is 91.9 Å². The first-order chi connectivity index (χ1) is 21.3. The van der Waals surface area contributed by atoms with Gasteiger partial charge in [-0.05, 0) is 73.4 Å². The van der Waals surface area contributed by atoms with Gasteiger partial charge < -0.3 is 19.1 Å². The molecule has 1 N–H and O–H groups in total. The minimum absolute atomic E-state index is 0.00455. The number of anilines is 2. The van der Waals surface area contributed by atoms with E-state index >= 15 is 0 Å². The van der Waals surface area contributed by atoms with Crippen molar-refractivity contribution in [3.8, 4) is 17.2 Å². The molecule has 0 radical (unpaired) electrons. The van der Waals surface area contributed by atoms with Crippen molar-refractivity contribution >= 4 is 27.1 Å². The average Bonchev–Trinajstić information content (AvgIpc) is 3.56. The molecule has 1 aliphatic rings. The van der Waals surface area contributed by atoms with Gasteiger partial charge in [-0.1, -0.05) is 48.5 Å². The average molecular weight is 612 g/mol. The van der Waals surface area contributed by atoms with E-state index in [0.717, 1.165) is 47.8 Å². The lowest BCUT2D eigenvalue weighted by atomic mass is 10.1. The molecule has 0 amide bonds. The Morgan fingerprint density at radius 1 is 0.932 bits per heavy atom. The van der Waals surface area contributed by atoms with Crippen LogP contribution in [0.4, 0.5) is 17.1 Å². The highest BCUT2D eigenvalue weighted by Crippen LogP contribution is 2.31. The van der Waals surface area contributed by atoms with Crippen molar-refractivity contribution in [1.82, 2.24) is 0 Å². The lowest BCUT2D eigenvalue weighted by Gasteiger charge is -2.28. The first kappa shape index (κ1) is 30.9. The topological polar surface area (TPSA) is 81.5 Å². The molecule has 9 heteroatoms. The molecule has 1 unspecified atom stereocenters. The van der Waals surface area contributed by atoms with E-state index in [4.69, 9.17) is 20.8 Å². The predicted molar refractivity (Wildman–Crippen MR) is 174 cm³/mol. The van der Waals surface area contributed by atoms with Crippen molar-refractivity contribution in [2.24, 2.45) is 5.92 Å². The van der Waals surface area contributed by atoms with Crippen LogP contribution in [0.1, 0.15) is 30.0 Å². The van der Waals surface area contributed by atoms with Gasteiger partial charge in [0.25, 0.3) is 0 Å². The smallest absolute Gasteiger partial charge is 0.232 e. The van der Waals surface area contributed by atoms with Gasteiger partial charge >= 0.3 is 0 Å². The van der Waals surface area contributed by atoms with Crippen LogP contribution in [-0.4, -0.2) is 34.0 Å². The molecule has 0 aliphatic carbocycles. The van der Waals surface area contributed by atoms with Crippen LogP contribution in [0, 0.1) is 19.4 Å². The third kappa shape index (κ3) is 8.31. The number of hydrogen-bond donors (Lipinski definition) is 1. The monoisotopic (exact) mass is 611 g/mol. The number of rotatable bonds is 13. The predicted octanol–water partition coefficient (Wildman–Crippen LogP) is 7.72. The molecule has 0 spiro atoms. The fourth-order valence-corrected chi connectivity index (χ4v) is 5.72. The molecule has 228 valence electrons. The Labute approximate surface area is 260 Å². The quantitative estimate of drug-likeness (QED) is 0.156. The van der Waals surface area contributed by atoms with Gasteiger partial charge in [0.2, 0.25) is 10.0 Å². The summed E-state index contributed by atoms with van der Waals surface area (Å²) in [6.45, 7) is 14.1. The van der Waals surface area contributed by atoms with Gasteiger partial charge in [-0.15, -0.1) is 0 Å². The van der Waals surface area contributed by atoms with Crippen molar-refractivity contribution < 1.29 is 22.6 Å². The van der Waals surface area contributed by atoms with Crippen molar-refractivity contribution in [2.45, 2.75) is 33.4 Å². The Balaban J connectivity index is 1.32. The lowest BCUT2D eigenvalue weighted by Crippen LogP contribution is -2.24. The van der Waals surface area contributed by atoms with E-state index < -0.39 is 10.0 Å². The zero-order chi connectivity index (χ0) is 30.9. The highest BCUT2D eigenvalue weighted by Gasteiger charge is 2.18. The van der Waals surface area contributed by atoms with Gasteiger partial charge in [0.1, 0.15) is 17.2 Å². The molecule has 8 nitrogen and oxygen atoms in total. The standard InChI is InChI=1S/C35H37N3O5S/c1-4-44(39,40)37-34-9-6-10-35(26(34)2)38(22-27-11-15-30(36-3)16-12-27)23-28-13-17-31(18-14-28)43-33-8-5-7-32(21-33)42-25-29-19-20-41-24-29/h5-18,21,29,37H,4,19-20,22-25H2,1-2H3. The minimum Gasteiger partial charge on any atom is -0.493 e. The summed E-state index contributed by atoms with van der Waals surface area (Å²) in [6, 6.07) is 28.8. The van der Waals surface area contributed by atoms with Crippen LogP contribution in [0.2, 0.25) is 0 Å². The number of nitrogens with one attached hydrogen (secondary N) is 1. The summed E-state index contributed by atoms with van der Waals surface area (Å²) in [4.78, 5) is 5.71. The second-order valence-corrected chi connectivity index (χ2v) is 12.9. The Hall–Kier alpha value is -4.52. The number of hydrogen-bond acceptors (Lipinski definition) is 6. The number of ether oxygens (including phenoxy) is 3. The van der Waals surface area contributed by atoms with Gasteiger partial charge in [-0.25, -0.2) is 13.3 Å². The van der Waals surface area contributed by atoms with Crippen molar-refractivity contribution in [1.29, 1.82) is 0 Å². The van der Waals surface area contributed by atoms with Crippen LogP contribution in [0.15, 0.2) is 91.0 Å². The van der Waals surface area contributed by atoms with Crippen LogP contribution in [0.5, 0.6) is 17.2 Å². The Morgan fingerprint density at radius 3 is 2.27 bits per heavy atom. The van der Waals surface area contributed by atoms with E-state index in [2.05, 4.69) is 14.5 Å². The first-order valence-electron chi connectivity index (χ1n) is 14.7. The van der Waals surface area contributed by atoms with Gasteiger partial charge in [0, 0.05) is 37.4 Å². The van der Waals surface area contributed by atoms with Crippen molar-refractivity contribution in [2.75, 3.05) is 35.2 Å². The molecule has 5 rings (SSSR count). The molecule has 4 aromatic carbocycles. The molecule has 0 saturated carbocycles. The largest absolute Gasteiger partial charge is 0.493 e. The van der Waals surface area contributed by atoms with E-state index in [-0.39, 0.29) is 5.75 Å². The molecule has 1 fully saturated rings. The fourth-order valence-electron chi connectivity index (χ4n) is 5.01. The second-order valence-electron chi connectivity index (χ2n) is 10.9. The molecule has 1 saturated heterocycles. The summed E-state index contributed by atoms with van der Waals surface area (Å²) < 4.78 is 44.9. The number of nitrogens with zero attached hydrogens (tertiary/aromatic N) is 2. The van der Waals surface area contributed by atoms with E-state index in [1.165, 1.54) is 0 Å².